The first-order valence-electron chi connectivity index (χ1n) is 22.1. The zero-order valence-electron chi connectivity index (χ0n) is 38.5. The minimum Gasteiger partial charge on any atom is -0.461 e. The van der Waals surface area contributed by atoms with Crippen molar-refractivity contribution in [1.29, 1.82) is 0 Å². The molecule has 0 saturated carbocycles. The van der Waals surface area contributed by atoms with Gasteiger partial charge in [0.25, 0.3) is 0 Å². The fourth-order valence-electron chi connectivity index (χ4n) is 6.28. The van der Waals surface area contributed by atoms with Gasteiger partial charge >= 0.3 is 12.1 Å². The molecule has 0 aliphatic carbocycles. The summed E-state index contributed by atoms with van der Waals surface area (Å²) in [4.78, 5) is 61.8. The number of hydrogen-bond donors (Lipinski definition) is 3. The minimum atomic E-state index is -1.04. The predicted molar refractivity (Wildman–Crippen MR) is 263 cm³/mol. The zero-order valence-corrected chi connectivity index (χ0v) is 41.8. The maximum atomic E-state index is 13.3. The molecule has 0 radical (unpaired) electrons. The molecule has 1 fully saturated rings. The van der Waals surface area contributed by atoms with Gasteiger partial charge in [0.15, 0.2) is 0 Å². The van der Waals surface area contributed by atoms with Crippen molar-refractivity contribution in [1.82, 2.24) is 20.5 Å². The molecule has 5 atom stereocenters. The monoisotopic (exact) mass is 943 g/mol. The number of carbonyl (C=O) groups is 4. The van der Waals surface area contributed by atoms with Crippen molar-refractivity contribution >= 4 is 80.3 Å². The number of aromatic nitrogens is 1. The molecular weight excluding hydrogens is 875 g/mol. The first kappa shape index (κ1) is 53.8. The van der Waals surface area contributed by atoms with Crippen LogP contribution in [0, 0.1) is 5.92 Å². The lowest BCUT2D eigenvalue weighted by Gasteiger charge is -2.27. The molecule has 348 valence electrons. The summed E-state index contributed by atoms with van der Waals surface area (Å²) in [5.74, 6) is 0.298. The summed E-state index contributed by atoms with van der Waals surface area (Å²) in [6.07, 6.45) is 13.8. The van der Waals surface area contributed by atoms with Crippen LogP contribution in [0.5, 0.6) is 0 Å². The topological polar surface area (TPSA) is 160 Å². The highest BCUT2D eigenvalue weighted by atomic mass is 32.2. The van der Waals surface area contributed by atoms with Gasteiger partial charge in [0.05, 0.1) is 25.1 Å². The average molecular weight is 944 g/mol. The summed E-state index contributed by atoms with van der Waals surface area (Å²) in [7, 11) is 0. The van der Waals surface area contributed by atoms with E-state index in [9.17, 15) is 24.3 Å². The highest BCUT2D eigenvalue weighted by molar-refractivity contribution is 8.23. The summed E-state index contributed by atoms with van der Waals surface area (Å²) in [6.45, 7) is 17.4. The lowest BCUT2D eigenvalue weighted by Crippen LogP contribution is -2.53. The van der Waals surface area contributed by atoms with Crippen molar-refractivity contribution in [3.05, 3.63) is 76.3 Å². The molecule has 1 aromatic carbocycles. The van der Waals surface area contributed by atoms with Gasteiger partial charge in [-0.1, -0.05) is 126 Å². The van der Waals surface area contributed by atoms with Crippen LogP contribution in [0.25, 0.3) is 0 Å². The minimum absolute atomic E-state index is 0.0673. The maximum absolute atomic E-state index is 13.3. The van der Waals surface area contributed by atoms with Gasteiger partial charge in [0.2, 0.25) is 11.8 Å². The fourth-order valence-corrected chi connectivity index (χ4v) is 9.66. The number of unbranched alkanes of at least 4 members (excludes halogenated alkanes) is 2. The number of carbonyl (C=O) groups excluding carboxylic acids is 4. The number of amides is 3. The number of allylic oxidation sites excluding steroid dienone is 2. The van der Waals surface area contributed by atoms with E-state index in [0.29, 0.717) is 45.1 Å². The van der Waals surface area contributed by atoms with Crippen molar-refractivity contribution < 1.29 is 33.8 Å². The molecule has 63 heavy (non-hydrogen) atoms. The maximum Gasteiger partial charge on any atom is 0.408 e. The van der Waals surface area contributed by atoms with Gasteiger partial charge in [-0.05, 0) is 71.3 Å². The van der Waals surface area contributed by atoms with Gasteiger partial charge in [0, 0.05) is 23.3 Å². The molecular formula is C47H69N5O7S4. The van der Waals surface area contributed by atoms with Crippen molar-refractivity contribution in [2.75, 3.05) is 11.5 Å². The zero-order chi connectivity index (χ0) is 46.6. The molecule has 4 rings (SSSR count). The quantitative estimate of drug-likeness (QED) is 0.0622. The van der Waals surface area contributed by atoms with Gasteiger partial charge in [-0.15, -0.1) is 23.1 Å². The lowest BCUT2D eigenvalue weighted by molar-refractivity contribution is -0.154. The van der Waals surface area contributed by atoms with Crippen molar-refractivity contribution in [3.8, 4) is 0 Å². The molecule has 3 heterocycles. The number of esters is 1. The Morgan fingerprint density at radius 2 is 1.68 bits per heavy atom. The first-order valence-corrected chi connectivity index (χ1v) is 25.3. The van der Waals surface area contributed by atoms with Crippen LogP contribution >= 0.6 is 47.1 Å². The van der Waals surface area contributed by atoms with E-state index in [0.717, 1.165) is 37.9 Å². The SMILES string of the molecule is CCC/C=C\CC(CC)OC(=O)C(NC(=O)[C@]1(C)CSC(c2csc(CNC(=O)OC(C)(C)C)n2)=N1)C(C)C.CCC/C=C\C[C@@H](O)CC(=O)N1C(=S)SC[C@H]1Cc1ccccc1. The first-order chi connectivity index (χ1) is 29.9. The van der Waals surface area contributed by atoms with E-state index in [1.165, 1.54) is 28.7 Å². The summed E-state index contributed by atoms with van der Waals surface area (Å²) in [6, 6.07) is 9.47. The van der Waals surface area contributed by atoms with Crippen LogP contribution in [0.3, 0.4) is 0 Å². The Morgan fingerprint density at radius 3 is 2.30 bits per heavy atom. The Morgan fingerprint density at radius 1 is 1.02 bits per heavy atom. The van der Waals surface area contributed by atoms with E-state index >= 15 is 0 Å². The molecule has 0 bridgehead atoms. The van der Waals surface area contributed by atoms with Gasteiger partial charge in [0.1, 0.15) is 43.4 Å². The summed E-state index contributed by atoms with van der Waals surface area (Å²) >= 11 is 9.75. The van der Waals surface area contributed by atoms with Crippen molar-refractivity contribution in [2.45, 2.75) is 162 Å². The third-order valence-corrected chi connectivity index (χ3v) is 13.5. The van der Waals surface area contributed by atoms with E-state index in [1.54, 1.807) is 44.4 Å². The standard InChI is InChI=1S/C28H44N4O5S2.C19H25NO2S2/c1-9-11-12-13-14-19(10-2)36-24(33)22(18(3)4)31-25(34)28(8)17-39-23(32-28)20-16-38-21(30-20)15-29-26(35)37-27(5,6)7;1-2-3-4-8-11-17(21)13-18(22)20-16(14-24-19(20)23)12-15-9-6-5-7-10-15/h12-13,16,18-19,22H,9-11,14-15,17H2,1-8H3,(H,29,35)(H,31,34);4-10,16-17,21H,2-3,11-14H2,1H3/b13-12-;8-4-/t19?,22?,28-;16-,17-/m01/s1. The number of thiocarbonyl (C=S) groups is 1. The van der Waals surface area contributed by atoms with Crippen LogP contribution in [-0.4, -0.2) is 95.2 Å². The van der Waals surface area contributed by atoms with Crippen LogP contribution in [0.2, 0.25) is 0 Å². The van der Waals surface area contributed by atoms with Crippen LogP contribution in [-0.2, 0) is 36.8 Å². The fraction of sp³-hybridized carbons (Fsp3) is 0.596. The summed E-state index contributed by atoms with van der Waals surface area (Å²) in [5, 5.41) is 18.9. The highest BCUT2D eigenvalue weighted by Gasteiger charge is 2.42. The number of rotatable bonds is 21. The Bertz CT molecular complexity index is 1880. The lowest BCUT2D eigenvalue weighted by atomic mass is 10.0. The molecule has 16 heteroatoms. The second kappa shape index (κ2) is 27.0. The molecule has 2 aliphatic heterocycles. The molecule has 12 nitrogen and oxygen atoms in total. The number of nitrogens with zero attached hydrogens (tertiary/aromatic N) is 3. The number of nitrogens with one attached hydrogen (secondary N) is 2. The number of alkyl carbamates (subject to hydrolysis) is 1. The van der Waals surface area contributed by atoms with E-state index in [4.69, 9.17) is 26.7 Å². The van der Waals surface area contributed by atoms with E-state index in [2.05, 4.69) is 59.8 Å². The van der Waals surface area contributed by atoms with Gasteiger partial charge in [-0.3, -0.25) is 19.5 Å². The number of aliphatic hydroxyl groups excluding tert-OH is 1. The third kappa shape index (κ3) is 18.8. The van der Waals surface area contributed by atoms with Crippen LogP contribution in [0.1, 0.15) is 130 Å². The predicted octanol–water partition coefficient (Wildman–Crippen LogP) is 9.58. The molecule has 3 amide bonds. The van der Waals surface area contributed by atoms with Crippen LogP contribution < -0.4 is 10.6 Å². The van der Waals surface area contributed by atoms with Crippen LogP contribution in [0.4, 0.5) is 4.79 Å². The molecule has 3 N–H and O–H groups in total. The van der Waals surface area contributed by atoms with E-state index in [-0.39, 0.29) is 42.8 Å². The Kier molecular flexibility index (Phi) is 23.1. The number of aliphatic imine (C=N–C) groups is 1. The Labute approximate surface area is 393 Å². The van der Waals surface area contributed by atoms with Gasteiger partial charge in [-0.25, -0.2) is 14.6 Å². The molecule has 2 aromatic rings. The number of ether oxygens (including phenoxy) is 2. The molecule has 1 aromatic heterocycles. The molecule has 2 unspecified atom stereocenters. The Balaban J connectivity index is 0.000000375. The number of thiazole rings is 1. The average Bonchev–Trinajstić information content (AvgIpc) is 3.97. The van der Waals surface area contributed by atoms with Crippen LogP contribution in [0.15, 0.2) is 65.0 Å². The largest absolute Gasteiger partial charge is 0.461 e. The number of thioether (sulfide) groups is 2. The third-order valence-electron chi connectivity index (χ3n) is 9.83. The summed E-state index contributed by atoms with van der Waals surface area (Å²) < 4.78 is 11.7. The molecule has 2 aliphatic rings. The van der Waals surface area contributed by atoms with Gasteiger partial charge in [-0.2, -0.15) is 0 Å². The van der Waals surface area contributed by atoms with Crippen molar-refractivity contribution in [2.24, 2.45) is 10.9 Å². The van der Waals surface area contributed by atoms with E-state index in [1.807, 2.05) is 50.4 Å². The molecule has 0 spiro atoms. The Hall–Kier alpha value is -3.57. The second-order valence-corrected chi connectivity index (χ2v) is 20.7. The van der Waals surface area contributed by atoms with Gasteiger partial charge < -0.3 is 25.2 Å². The smallest absolute Gasteiger partial charge is 0.408 e. The number of benzene rings is 1. The highest BCUT2D eigenvalue weighted by Crippen LogP contribution is 2.32. The second-order valence-electron chi connectivity index (χ2n) is 17.2. The van der Waals surface area contributed by atoms with Crippen molar-refractivity contribution in [3.63, 3.8) is 0 Å². The molecule has 1 saturated heterocycles. The number of aliphatic hydroxyl groups is 1. The normalized spacial score (nSPS) is 19.1. The number of hydrogen-bond acceptors (Lipinski definition) is 13. The summed E-state index contributed by atoms with van der Waals surface area (Å²) in [5.41, 5.74) is 0.240. The van der Waals surface area contributed by atoms with E-state index < -0.39 is 35.3 Å².